The highest BCUT2D eigenvalue weighted by atomic mass is 19.4. The van der Waals surface area contributed by atoms with Gasteiger partial charge in [0.2, 0.25) is 5.88 Å². The molecule has 1 saturated heterocycles. The van der Waals surface area contributed by atoms with Crippen LogP contribution in [0.25, 0.3) is 0 Å². The van der Waals surface area contributed by atoms with Gasteiger partial charge in [-0.1, -0.05) is 0 Å². The topological polar surface area (TPSA) is 36.4 Å². The Balaban J connectivity index is 2.07. The molecule has 0 spiro atoms. The molecule has 100 valence electrons. The summed E-state index contributed by atoms with van der Waals surface area (Å²) in [5, 5.41) is 9.00. The molecule has 2 heterocycles. The van der Waals surface area contributed by atoms with Crippen LogP contribution in [0.4, 0.5) is 17.6 Å². The van der Waals surface area contributed by atoms with Gasteiger partial charge < -0.3 is 5.11 Å². The second-order valence-electron chi connectivity index (χ2n) is 4.30. The van der Waals surface area contributed by atoms with Gasteiger partial charge in [0.05, 0.1) is 5.56 Å². The molecule has 0 saturated carbocycles. The number of alkyl halides is 4. The van der Waals surface area contributed by atoms with Crippen LogP contribution in [-0.2, 0) is 12.6 Å². The normalized spacial score (nSPS) is 17.8. The number of likely N-dealkylation sites (tertiary alicyclic amines) is 1. The van der Waals surface area contributed by atoms with E-state index < -0.39 is 23.8 Å². The molecule has 3 nitrogen and oxygen atoms in total. The average molecular weight is 264 g/mol. The van der Waals surface area contributed by atoms with Crippen LogP contribution in [0, 0.1) is 0 Å². The fourth-order valence-corrected chi connectivity index (χ4v) is 1.90. The Bertz CT molecular complexity index is 430. The highest BCUT2D eigenvalue weighted by molar-refractivity contribution is 5.31. The number of pyridine rings is 1. The lowest BCUT2D eigenvalue weighted by Crippen LogP contribution is -2.49. The number of aromatic nitrogens is 1. The fourth-order valence-electron chi connectivity index (χ4n) is 1.90. The van der Waals surface area contributed by atoms with Crippen molar-refractivity contribution in [3.8, 4) is 5.88 Å². The summed E-state index contributed by atoms with van der Waals surface area (Å²) in [5.74, 6) is -0.654. The molecule has 1 aliphatic heterocycles. The van der Waals surface area contributed by atoms with Gasteiger partial charge in [-0.3, -0.25) is 4.90 Å². The first kappa shape index (κ1) is 13.1. The Morgan fingerprint density at radius 3 is 2.61 bits per heavy atom. The van der Waals surface area contributed by atoms with E-state index in [0.29, 0.717) is 12.6 Å². The summed E-state index contributed by atoms with van der Waals surface area (Å²) in [5.41, 5.74) is -0.866. The molecule has 7 heteroatoms. The number of hydrogen-bond donors (Lipinski definition) is 1. The zero-order valence-corrected chi connectivity index (χ0v) is 9.41. The predicted molar refractivity (Wildman–Crippen MR) is 55.9 cm³/mol. The van der Waals surface area contributed by atoms with Gasteiger partial charge in [0.1, 0.15) is 6.17 Å². The standard InChI is InChI=1S/C11H12F4N2O/c12-8-5-17(6-8)2-1-7-4-16-10(18)3-9(7)11(13,14)15/h3-4,8H,1-2,5-6H2,(H,16,18). The highest BCUT2D eigenvalue weighted by Gasteiger charge is 2.34. The zero-order chi connectivity index (χ0) is 13.3. The summed E-state index contributed by atoms with van der Waals surface area (Å²) in [7, 11) is 0. The number of nitrogens with zero attached hydrogens (tertiary/aromatic N) is 2. The first-order valence-corrected chi connectivity index (χ1v) is 5.48. The second-order valence-corrected chi connectivity index (χ2v) is 4.30. The van der Waals surface area contributed by atoms with Gasteiger partial charge in [-0.25, -0.2) is 9.37 Å². The molecule has 2 rings (SSSR count). The van der Waals surface area contributed by atoms with Crippen LogP contribution < -0.4 is 0 Å². The van der Waals surface area contributed by atoms with Gasteiger partial charge in [0.25, 0.3) is 0 Å². The third-order valence-electron chi connectivity index (χ3n) is 2.89. The van der Waals surface area contributed by atoms with Crippen LogP contribution in [0.2, 0.25) is 0 Å². The maximum absolute atomic E-state index is 12.7. The van der Waals surface area contributed by atoms with Gasteiger partial charge in [0, 0.05) is 31.9 Å². The van der Waals surface area contributed by atoms with E-state index in [1.54, 1.807) is 4.90 Å². The summed E-state index contributed by atoms with van der Waals surface area (Å²) >= 11 is 0. The largest absolute Gasteiger partial charge is 0.493 e. The Hall–Kier alpha value is -1.37. The lowest BCUT2D eigenvalue weighted by molar-refractivity contribution is -0.138. The first-order valence-electron chi connectivity index (χ1n) is 5.48. The van der Waals surface area contributed by atoms with Crippen molar-refractivity contribution in [2.75, 3.05) is 19.6 Å². The first-order chi connectivity index (χ1) is 8.36. The minimum absolute atomic E-state index is 0.0163. The van der Waals surface area contributed by atoms with Crippen LogP contribution in [-0.4, -0.2) is 40.8 Å². The van der Waals surface area contributed by atoms with Crippen molar-refractivity contribution in [1.82, 2.24) is 9.88 Å². The van der Waals surface area contributed by atoms with Crippen LogP contribution in [0.5, 0.6) is 5.88 Å². The minimum atomic E-state index is -4.52. The van der Waals surface area contributed by atoms with Crippen molar-refractivity contribution in [3.63, 3.8) is 0 Å². The van der Waals surface area contributed by atoms with E-state index in [2.05, 4.69) is 4.98 Å². The van der Waals surface area contributed by atoms with E-state index in [1.165, 1.54) is 0 Å². The Kier molecular flexibility index (Phi) is 3.43. The maximum Gasteiger partial charge on any atom is 0.416 e. The smallest absolute Gasteiger partial charge is 0.416 e. The summed E-state index contributed by atoms with van der Waals surface area (Å²) in [6.45, 7) is 0.898. The van der Waals surface area contributed by atoms with Crippen LogP contribution in [0.1, 0.15) is 11.1 Å². The number of hydrogen-bond acceptors (Lipinski definition) is 3. The van der Waals surface area contributed by atoms with Crippen molar-refractivity contribution >= 4 is 0 Å². The van der Waals surface area contributed by atoms with Crippen molar-refractivity contribution in [1.29, 1.82) is 0 Å². The van der Waals surface area contributed by atoms with E-state index in [4.69, 9.17) is 5.11 Å². The Morgan fingerprint density at radius 1 is 1.39 bits per heavy atom. The molecule has 1 fully saturated rings. The molecule has 1 aromatic rings. The van der Waals surface area contributed by atoms with E-state index in [9.17, 15) is 17.6 Å². The van der Waals surface area contributed by atoms with Crippen molar-refractivity contribution in [3.05, 3.63) is 23.4 Å². The van der Waals surface area contributed by atoms with E-state index in [1.807, 2.05) is 0 Å². The average Bonchev–Trinajstić information content (AvgIpc) is 2.23. The van der Waals surface area contributed by atoms with Crippen molar-refractivity contribution in [2.45, 2.75) is 18.8 Å². The molecule has 1 N–H and O–H groups in total. The van der Waals surface area contributed by atoms with E-state index in [0.717, 1.165) is 6.20 Å². The molecule has 0 amide bonds. The van der Waals surface area contributed by atoms with Crippen molar-refractivity contribution in [2.24, 2.45) is 0 Å². The third kappa shape index (κ3) is 2.90. The molecule has 18 heavy (non-hydrogen) atoms. The highest BCUT2D eigenvalue weighted by Crippen LogP contribution is 2.33. The van der Waals surface area contributed by atoms with Crippen LogP contribution in [0.3, 0.4) is 0 Å². The van der Waals surface area contributed by atoms with E-state index >= 15 is 0 Å². The Morgan fingerprint density at radius 2 is 2.06 bits per heavy atom. The fraction of sp³-hybridized carbons (Fsp3) is 0.545. The molecular formula is C11H12F4N2O. The number of rotatable bonds is 3. The summed E-state index contributed by atoms with van der Waals surface area (Å²) in [6.07, 6.45) is -4.24. The Labute approximate surface area is 101 Å². The SMILES string of the molecule is Oc1cc(C(F)(F)F)c(CCN2CC(F)C2)cn1. The summed E-state index contributed by atoms with van der Waals surface area (Å²) in [4.78, 5) is 5.19. The van der Waals surface area contributed by atoms with Gasteiger partial charge >= 0.3 is 6.18 Å². The van der Waals surface area contributed by atoms with Gasteiger partial charge in [-0.2, -0.15) is 13.2 Å². The van der Waals surface area contributed by atoms with Gasteiger partial charge in [-0.15, -0.1) is 0 Å². The third-order valence-corrected chi connectivity index (χ3v) is 2.89. The molecule has 0 radical (unpaired) electrons. The van der Waals surface area contributed by atoms with Crippen molar-refractivity contribution < 1.29 is 22.7 Å². The van der Waals surface area contributed by atoms with Gasteiger partial charge in [0.15, 0.2) is 0 Å². The van der Waals surface area contributed by atoms with E-state index in [-0.39, 0.29) is 25.1 Å². The molecule has 1 aromatic heterocycles. The zero-order valence-electron chi connectivity index (χ0n) is 9.41. The number of aromatic hydroxyl groups is 1. The van der Waals surface area contributed by atoms with Crippen LogP contribution >= 0.6 is 0 Å². The number of halogens is 4. The maximum atomic E-state index is 12.7. The molecule has 0 aliphatic carbocycles. The second kappa shape index (κ2) is 4.72. The van der Waals surface area contributed by atoms with Crippen LogP contribution in [0.15, 0.2) is 12.3 Å². The monoisotopic (exact) mass is 264 g/mol. The summed E-state index contributed by atoms with van der Waals surface area (Å²) in [6, 6.07) is 0.614. The lowest BCUT2D eigenvalue weighted by Gasteiger charge is -2.34. The van der Waals surface area contributed by atoms with Gasteiger partial charge in [-0.05, 0) is 12.0 Å². The molecule has 0 atom stereocenters. The predicted octanol–water partition coefficient (Wildman–Crippen LogP) is 2.00. The molecule has 1 aliphatic rings. The lowest BCUT2D eigenvalue weighted by atomic mass is 10.1. The quantitative estimate of drug-likeness (QED) is 0.848. The minimum Gasteiger partial charge on any atom is -0.493 e. The molecule has 0 aromatic carbocycles. The molecule has 0 bridgehead atoms. The molecule has 0 unspecified atom stereocenters. The molecular weight excluding hydrogens is 252 g/mol. The summed E-state index contributed by atoms with van der Waals surface area (Å²) < 4.78 is 50.6.